The number of fused-ring (bicyclic) bond motifs is 1. The Labute approximate surface area is 267 Å². The molecule has 4 aromatic rings. The number of rotatable bonds is 10. The van der Waals surface area contributed by atoms with Crippen LogP contribution in [-0.2, 0) is 13.0 Å². The van der Waals surface area contributed by atoms with Crippen LogP contribution in [0, 0.1) is 11.3 Å². The summed E-state index contributed by atoms with van der Waals surface area (Å²) >= 11 is 12.3. The van der Waals surface area contributed by atoms with Crippen LogP contribution in [-0.4, -0.2) is 51.2 Å². The first kappa shape index (κ1) is 30.8. The van der Waals surface area contributed by atoms with Gasteiger partial charge in [-0.25, -0.2) is 4.98 Å². The van der Waals surface area contributed by atoms with E-state index in [1.54, 1.807) is 24.5 Å². The number of piperidine rings is 1. The number of likely N-dealkylation sites (tertiary alicyclic amines) is 1. The van der Waals surface area contributed by atoms with Crippen LogP contribution in [0.3, 0.4) is 0 Å². The van der Waals surface area contributed by atoms with Crippen LogP contribution in [0.1, 0.15) is 67.5 Å². The van der Waals surface area contributed by atoms with Crippen molar-refractivity contribution in [2.45, 2.75) is 70.4 Å². The Kier molecular flexibility index (Phi) is 9.69. The Hall–Kier alpha value is -3.20. The van der Waals surface area contributed by atoms with Crippen LogP contribution in [0.25, 0.3) is 11.0 Å². The van der Waals surface area contributed by atoms with Gasteiger partial charge in [-0.3, -0.25) is 14.3 Å². The van der Waals surface area contributed by atoms with Gasteiger partial charge in [0.25, 0.3) is 5.91 Å². The Morgan fingerprint density at radius 3 is 2.50 bits per heavy atom. The van der Waals surface area contributed by atoms with Gasteiger partial charge >= 0.3 is 0 Å². The Bertz CT molecular complexity index is 1610. The average Bonchev–Trinajstić information content (AvgIpc) is 3.54. The quantitative estimate of drug-likeness (QED) is 0.206. The molecule has 6 rings (SSSR count). The molecule has 8 nitrogen and oxygen atoms in total. The van der Waals surface area contributed by atoms with E-state index in [0.717, 1.165) is 56.9 Å². The van der Waals surface area contributed by atoms with Gasteiger partial charge in [0.05, 0.1) is 5.39 Å². The highest BCUT2D eigenvalue weighted by Crippen LogP contribution is 2.47. The third-order valence-corrected chi connectivity index (χ3v) is 10.2. The fraction of sp³-hybridized carbons (Fsp3) is 0.471. The molecule has 0 radical (unpaired) electrons. The molecular formula is C34H39Cl2N5O3. The second-order valence-electron chi connectivity index (χ2n) is 12.5. The van der Waals surface area contributed by atoms with Crippen LogP contribution >= 0.6 is 23.2 Å². The molecule has 2 aliphatic rings. The molecule has 1 atom stereocenters. The number of carbonyl (C=O) groups excluding carboxylic acids is 1. The fourth-order valence-electron chi connectivity index (χ4n) is 7.24. The number of nitrogens with one attached hydrogen (secondary N) is 1. The smallest absolute Gasteiger partial charge is 0.287 e. The normalized spacial score (nSPS) is 18.3. The van der Waals surface area contributed by atoms with Gasteiger partial charge in [0.2, 0.25) is 0 Å². The van der Waals surface area contributed by atoms with Crippen LogP contribution in [0.2, 0.25) is 10.0 Å². The maximum Gasteiger partial charge on any atom is 0.287 e. The molecule has 1 saturated carbocycles. The number of hydrogen-bond donors (Lipinski definition) is 1. The van der Waals surface area contributed by atoms with E-state index in [-0.39, 0.29) is 22.6 Å². The predicted molar refractivity (Wildman–Crippen MR) is 173 cm³/mol. The van der Waals surface area contributed by atoms with Crippen molar-refractivity contribution in [3.05, 3.63) is 92.8 Å². The molecule has 44 heavy (non-hydrogen) atoms. The number of aromatic nitrogens is 3. The van der Waals surface area contributed by atoms with E-state index in [4.69, 9.17) is 27.6 Å². The summed E-state index contributed by atoms with van der Waals surface area (Å²) < 4.78 is 7.86. The first-order valence-corrected chi connectivity index (χ1v) is 16.5. The average molecular weight is 637 g/mol. The standard InChI is InChI=1S/C34H39Cl2N5O3/c35-26-8-6-24(7-9-26)18-28(39-33(43)32-20-30(42)29-11-10-27(36)19-31(29)44-32)12-15-40-16-13-34(14-17-40,21-41-23-37-22-38-41)25-4-2-1-3-5-25/h6-11,19-20,22-23,25,28H,1-5,12-18,21H2,(H,39,43)/t28-/m1/s1. The number of halogens is 2. The van der Waals surface area contributed by atoms with Crippen molar-refractivity contribution in [3.8, 4) is 0 Å². The van der Waals surface area contributed by atoms with E-state index in [9.17, 15) is 9.59 Å². The van der Waals surface area contributed by atoms with Crippen molar-refractivity contribution < 1.29 is 9.21 Å². The van der Waals surface area contributed by atoms with Crippen LogP contribution in [0.5, 0.6) is 0 Å². The van der Waals surface area contributed by atoms with Gasteiger partial charge < -0.3 is 14.6 Å². The predicted octanol–water partition coefficient (Wildman–Crippen LogP) is 6.79. The summed E-state index contributed by atoms with van der Waals surface area (Å²) in [4.78, 5) is 32.9. The summed E-state index contributed by atoms with van der Waals surface area (Å²) in [5.41, 5.74) is 1.35. The Morgan fingerprint density at radius 2 is 1.77 bits per heavy atom. The third kappa shape index (κ3) is 7.36. The highest BCUT2D eigenvalue weighted by molar-refractivity contribution is 6.31. The molecule has 232 valence electrons. The summed E-state index contributed by atoms with van der Waals surface area (Å²) in [5, 5.41) is 9.12. The lowest BCUT2D eigenvalue weighted by Gasteiger charge is -2.48. The summed E-state index contributed by atoms with van der Waals surface area (Å²) in [6, 6.07) is 13.6. The zero-order valence-electron chi connectivity index (χ0n) is 24.9. The molecule has 1 aliphatic carbocycles. The maximum absolute atomic E-state index is 13.4. The van der Waals surface area contributed by atoms with Crippen molar-refractivity contribution in [1.82, 2.24) is 25.0 Å². The highest BCUT2D eigenvalue weighted by atomic mass is 35.5. The minimum absolute atomic E-state index is 0.0192. The second-order valence-corrected chi connectivity index (χ2v) is 13.4. The lowest BCUT2D eigenvalue weighted by atomic mass is 9.63. The van der Waals surface area contributed by atoms with Crippen molar-refractivity contribution >= 4 is 40.1 Å². The highest BCUT2D eigenvalue weighted by Gasteiger charge is 2.42. The molecule has 2 fully saturated rings. The largest absolute Gasteiger partial charge is 0.451 e. The number of benzene rings is 2. The molecule has 2 aromatic carbocycles. The number of carbonyl (C=O) groups is 1. The summed E-state index contributed by atoms with van der Waals surface area (Å²) in [5.74, 6) is 0.297. The first-order valence-electron chi connectivity index (χ1n) is 15.7. The van der Waals surface area contributed by atoms with Crippen LogP contribution < -0.4 is 10.7 Å². The third-order valence-electron chi connectivity index (χ3n) is 9.71. The van der Waals surface area contributed by atoms with Gasteiger partial charge in [0, 0.05) is 41.3 Å². The molecule has 1 amide bonds. The molecular weight excluding hydrogens is 597 g/mol. The lowest BCUT2D eigenvalue weighted by Crippen LogP contribution is -2.48. The van der Waals surface area contributed by atoms with Crippen LogP contribution in [0.4, 0.5) is 0 Å². The van der Waals surface area contributed by atoms with E-state index in [0.29, 0.717) is 27.4 Å². The number of amides is 1. The van der Waals surface area contributed by atoms with E-state index in [2.05, 4.69) is 20.3 Å². The number of nitrogens with zero attached hydrogens (tertiary/aromatic N) is 4. The molecule has 10 heteroatoms. The van der Waals surface area contributed by atoms with Crippen molar-refractivity contribution in [3.63, 3.8) is 0 Å². The second kappa shape index (κ2) is 13.8. The minimum Gasteiger partial charge on any atom is -0.451 e. The maximum atomic E-state index is 13.4. The molecule has 0 spiro atoms. The summed E-state index contributed by atoms with van der Waals surface area (Å²) in [7, 11) is 0. The molecule has 0 unspecified atom stereocenters. The monoisotopic (exact) mass is 635 g/mol. The zero-order valence-corrected chi connectivity index (χ0v) is 26.4. The minimum atomic E-state index is -0.411. The summed E-state index contributed by atoms with van der Waals surface area (Å²) in [6.45, 7) is 3.84. The van der Waals surface area contributed by atoms with E-state index in [1.807, 2.05) is 35.3 Å². The first-order chi connectivity index (χ1) is 21.4. The molecule has 3 heterocycles. The van der Waals surface area contributed by atoms with E-state index >= 15 is 0 Å². The molecule has 1 N–H and O–H groups in total. The van der Waals surface area contributed by atoms with E-state index in [1.165, 1.54) is 38.2 Å². The number of hydrogen-bond acceptors (Lipinski definition) is 6. The SMILES string of the molecule is O=C(N[C@H](CCN1CCC(Cn2cncn2)(C2CCCCC2)CC1)Cc1ccc(Cl)cc1)c1cc(=O)c2ccc(Cl)cc2o1. The zero-order chi connectivity index (χ0) is 30.5. The topological polar surface area (TPSA) is 93.3 Å². The summed E-state index contributed by atoms with van der Waals surface area (Å²) in [6.07, 6.45) is 13.8. The van der Waals surface area contributed by atoms with Gasteiger partial charge in [-0.2, -0.15) is 5.10 Å². The molecule has 2 aromatic heterocycles. The molecule has 1 saturated heterocycles. The van der Waals surface area contributed by atoms with Gasteiger partial charge in [-0.15, -0.1) is 0 Å². The van der Waals surface area contributed by atoms with Crippen molar-refractivity contribution in [2.24, 2.45) is 11.3 Å². The lowest BCUT2D eigenvalue weighted by molar-refractivity contribution is 0.0104. The fourth-order valence-corrected chi connectivity index (χ4v) is 7.52. The van der Waals surface area contributed by atoms with Crippen molar-refractivity contribution in [2.75, 3.05) is 19.6 Å². The van der Waals surface area contributed by atoms with Crippen molar-refractivity contribution in [1.29, 1.82) is 0 Å². The van der Waals surface area contributed by atoms with Gasteiger partial charge in [0.1, 0.15) is 18.2 Å². The van der Waals surface area contributed by atoms with Gasteiger partial charge in [0.15, 0.2) is 11.2 Å². The Balaban J connectivity index is 1.14. The Morgan fingerprint density at radius 1 is 1.02 bits per heavy atom. The van der Waals surface area contributed by atoms with E-state index < -0.39 is 5.91 Å². The molecule has 1 aliphatic heterocycles. The van der Waals surface area contributed by atoms with Gasteiger partial charge in [-0.1, -0.05) is 54.6 Å². The molecule has 0 bridgehead atoms. The van der Waals surface area contributed by atoms with Crippen LogP contribution in [0.15, 0.2) is 70.4 Å². The van der Waals surface area contributed by atoms with Gasteiger partial charge in [-0.05, 0) is 92.8 Å².